The Morgan fingerprint density at radius 2 is 1.80 bits per heavy atom. The standard InChI is InChI=1S/C26H25FN4O3S/c1-4-18-6-8-26(30-15-18)31-35(32,33)24-12-17(3)23(14-21(24)27)34-22-7-5-16(2)11-20(22)19-9-10-29-25(28)13-19/h5-15H,4H2,1-3H3,(H2,28,29)(H,30,31). The van der Waals surface area contributed by atoms with Crippen molar-refractivity contribution in [3.63, 3.8) is 0 Å². The van der Waals surface area contributed by atoms with Crippen molar-refractivity contribution in [2.75, 3.05) is 10.5 Å². The van der Waals surface area contributed by atoms with E-state index < -0.39 is 20.7 Å². The smallest absolute Gasteiger partial charge is 0.265 e. The Hall–Kier alpha value is -3.98. The third-order valence-electron chi connectivity index (χ3n) is 5.44. The molecule has 9 heteroatoms. The lowest BCUT2D eigenvalue weighted by molar-refractivity contribution is 0.471. The number of halogens is 1. The maximum absolute atomic E-state index is 15.0. The first kappa shape index (κ1) is 24.2. The van der Waals surface area contributed by atoms with Crippen LogP contribution in [0, 0.1) is 19.7 Å². The summed E-state index contributed by atoms with van der Waals surface area (Å²) >= 11 is 0. The Kier molecular flexibility index (Phi) is 6.70. The Bertz CT molecular complexity index is 1490. The van der Waals surface area contributed by atoms with E-state index in [0.717, 1.165) is 34.7 Å². The van der Waals surface area contributed by atoms with Gasteiger partial charge in [0.05, 0.1) is 0 Å². The SMILES string of the molecule is CCc1ccc(NS(=O)(=O)c2cc(C)c(Oc3ccc(C)cc3-c3ccnc(N)c3)cc2F)nc1. The molecule has 0 bridgehead atoms. The van der Waals surface area contributed by atoms with Crippen LogP contribution in [0.2, 0.25) is 0 Å². The van der Waals surface area contributed by atoms with Crippen molar-refractivity contribution in [2.24, 2.45) is 0 Å². The summed E-state index contributed by atoms with van der Waals surface area (Å²) in [6, 6.07) is 14.7. The van der Waals surface area contributed by atoms with Crippen LogP contribution >= 0.6 is 0 Å². The third kappa shape index (κ3) is 5.41. The van der Waals surface area contributed by atoms with Gasteiger partial charge in [-0.25, -0.2) is 22.8 Å². The Labute approximate surface area is 203 Å². The van der Waals surface area contributed by atoms with Gasteiger partial charge >= 0.3 is 0 Å². The monoisotopic (exact) mass is 492 g/mol. The van der Waals surface area contributed by atoms with Crippen LogP contribution in [0.1, 0.15) is 23.6 Å². The zero-order valence-electron chi connectivity index (χ0n) is 19.5. The summed E-state index contributed by atoms with van der Waals surface area (Å²) in [5.41, 5.74) is 9.78. The maximum Gasteiger partial charge on any atom is 0.265 e. The summed E-state index contributed by atoms with van der Waals surface area (Å²) in [6.45, 7) is 5.56. The van der Waals surface area contributed by atoms with E-state index in [9.17, 15) is 8.42 Å². The van der Waals surface area contributed by atoms with Gasteiger partial charge in [-0.15, -0.1) is 0 Å². The highest BCUT2D eigenvalue weighted by molar-refractivity contribution is 7.92. The molecule has 2 aromatic carbocycles. The number of nitrogens with two attached hydrogens (primary N) is 1. The number of pyridine rings is 2. The van der Waals surface area contributed by atoms with Crippen LogP contribution in [0.3, 0.4) is 0 Å². The number of aryl methyl sites for hydroxylation is 3. The second-order valence-electron chi connectivity index (χ2n) is 8.13. The summed E-state index contributed by atoms with van der Waals surface area (Å²) in [4.78, 5) is 7.61. The van der Waals surface area contributed by atoms with Crippen molar-refractivity contribution in [1.29, 1.82) is 0 Å². The Balaban J connectivity index is 1.66. The van der Waals surface area contributed by atoms with Crippen molar-refractivity contribution in [3.05, 3.63) is 89.5 Å². The molecule has 180 valence electrons. The van der Waals surface area contributed by atoms with Crippen LogP contribution in [-0.4, -0.2) is 18.4 Å². The van der Waals surface area contributed by atoms with E-state index in [2.05, 4.69) is 14.7 Å². The van der Waals surface area contributed by atoms with E-state index in [-0.39, 0.29) is 11.6 Å². The summed E-state index contributed by atoms with van der Waals surface area (Å²) in [7, 11) is -4.20. The van der Waals surface area contributed by atoms with Crippen molar-refractivity contribution in [3.8, 4) is 22.6 Å². The van der Waals surface area contributed by atoms with E-state index in [1.807, 2.05) is 26.0 Å². The van der Waals surface area contributed by atoms with Crippen LogP contribution in [0.15, 0.2) is 71.9 Å². The molecule has 0 fully saturated rings. The minimum Gasteiger partial charge on any atom is -0.456 e. The lowest BCUT2D eigenvalue weighted by Gasteiger charge is -2.16. The van der Waals surface area contributed by atoms with E-state index in [1.165, 1.54) is 6.07 Å². The average Bonchev–Trinajstić information content (AvgIpc) is 2.82. The maximum atomic E-state index is 15.0. The molecule has 0 amide bonds. The quantitative estimate of drug-likeness (QED) is 0.346. The first-order valence-electron chi connectivity index (χ1n) is 10.9. The number of nitrogens with one attached hydrogen (secondary N) is 1. The lowest BCUT2D eigenvalue weighted by atomic mass is 10.0. The molecule has 0 saturated heterocycles. The molecule has 35 heavy (non-hydrogen) atoms. The predicted octanol–water partition coefficient (Wildman–Crippen LogP) is 5.64. The molecule has 0 aliphatic rings. The minimum atomic E-state index is -4.20. The van der Waals surface area contributed by atoms with Gasteiger partial charge in [0.15, 0.2) is 0 Å². The molecular weight excluding hydrogens is 467 g/mol. The van der Waals surface area contributed by atoms with Crippen LogP contribution in [-0.2, 0) is 16.4 Å². The fourth-order valence-electron chi connectivity index (χ4n) is 3.53. The number of anilines is 2. The first-order chi connectivity index (χ1) is 16.7. The van der Waals surface area contributed by atoms with Gasteiger partial charge in [0, 0.05) is 24.0 Å². The van der Waals surface area contributed by atoms with Crippen molar-refractivity contribution >= 4 is 21.7 Å². The van der Waals surface area contributed by atoms with Gasteiger partial charge in [-0.2, -0.15) is 0 Å². The molecule has 4 aromatic rings. The number of ether oxygens (including phenoxy) is 1. The highest BCUT2D eigenvalue weighted by atomic mass is 32.2. The number of sulfonamides is 1. The van der Waals surface area contributed by atoms with Crippen LogP contribution in [0.4, 0.5) is 16.0 Å². The van der Waals surface area contributed by atoms with Crippen molar-refractivity contribution in [1.82, 2.24) is 9.97 Å². The highest BCUT2D eigenvalue weighted by Gasteiger charge is 2.22. The second kappa shape index (κ2) is 9.71. The van der Waals surface area contributed by atoms with Gasteiger partial charge in [0.25, 0.3) is 10.0 Å². The number of benzene rings is 2. The fraction of sp³-hybridized carbons (Fsp3) is 0.154. The van der Waals surface area contributed by atoms with Crippen LogP contribution in [0.5, 0.6) is 11.5 Å². The zero-order chi connectivity index (χ0) is 25.2. The summed E-state index contributed by atoms with van der Waals surface area (Å²) in [5.74, 6) is 0.195. The predicted molar refractivity (Wildman–Crippen MR) is 134 cm³/mol. The van der Waals surface area contributed by atoms with Crippen LogP contribution < -0.4 is 15.2 Å². The molecule has 4 rings (SSSR count). The van der Waals surface area contributed by atoms with E-state index in [4.69, 9.17) is 10.5 Å². The molecule has 0 spiro atoms. The lowest BCUT2D eigenvalue weighted by Crippen LogP contribution is -2.16. The third-order valence-corrected chi connectivity index (χ3v) is 6.81. The van der Waals surface area contributed by atoms with Crippen LogP contribution in [0.25, 0.3) is 11.1 Å². The first-order valence-corrected chi connectivity index (χ1v) is 12.4. The van der Waals surface area contributed by atoms with E-state index in [0.29, 0.717) is 17.1 Å². The van der Waals surface area contributed by atoms with Crippen molar-refractivity contribution < 1.29 is 17.5 Å². The number of nitrogen functional groups attached to an aromatic ring is 1. The molecule has 2 heterocycles. The van der Waals surface area contributed by atoms with Gasteiger partial charge in [0.1, 0.15) is 33.8 Å². The summed E-state index contributed by atoms with van der Waals surface area (Å²) in [6.07, 6.45) is 3.94. The van der Waals surface area contributed by atoms with Crippen molar-refractivity contribution in [2.45, 2.75) is 32.1 Å². The van der Waals surface area contributed by atoms with Gasteiger partial charge in [0.2, 0.25) is 0 Å². The largest absolute Gasteiger partial charge is 0.456 e. The molecule has 0 aliphatic carbocycles. The topological polar surface area (TPSA) is 107 Å². The molecule has 0 atom stereocenters. The van der Waals surface area contributed by atoms with E-state index >= 15 is 4.39 Å². The number of hydrogen-bond donors (Lipinski definition) is 2. The second-order valence-corrected chi connectivity index (χ2v) is 9.78. The zero-order valence-corrected chi connectivity index (χ0v) is 20.4. The Morgan fingerprint density at radius 1 is 1.00 bits per heavy atom. The normalized spacial score (nSPS) is 11.3. The van der Waals surface area contributed by atoms with Gasteiger partial charge < -0.3 is 10.5 Å². The summed E-state index contributed by atoms with van der Waals surface area (Å²) in [5, 5.41) is 0. The average molecular weight is 493 g/mol. The molecule has 0 radical (unpaired) electrons. The van der Waals surface area contributed by atoms with Gasteiger partial charge in [-0.05, 0) is 73.4 Å². The number of aromatic nitrogens is 2. The van der Waals surface area contributed by atoms with Gasteiger partial charge in [-0.3, -0.25) is 4.72 Å². The fourth-order valence-corrected chi connectivity index (χ4v) is 4.69. The molecule has 0 unspecified atom stereocenters. The Morgan fingerprint density at radius 3 is 2.49 bits per heavy atom. The minimum absolute atomic E-state index is 0.112. The van der Waals surface area contributed by atoms with E-state index in [1.54, 1.807) is 49.6 Å². The molecule has 2 aromatic heterocycles. The molecule has 0 aliphatic heterocycles. The highest BCUT2D eigenvalue weighted by Crippen LogP contribution is 2.37. The summed E-state index contributed by atoms with van der Waals surface area (Å²) < 4.78 is 49.1. The molecule has 3 N–H and O–H groups in total. The molecule has 7 nitrogen and oxygen atoms in total. The molecular formula is C26H25FN4O3S. The number of rotatable bonds is 7. The molecule has 0 saturated carbocycles. The van der Waals surface area contributed by atoms with Gasteiger partial charge in [-0.1, -0.05) is 24.6 Å². The number of nitrogens with zero attached hydrogens (tertiary/aromatic N) is 2. The number of hydrogen-bond acceptors (Lipinski definition) is 6.